The van der Waals surface area contributed by atoms with Gasteiger partial charge in [-0.3, -0.25) is 9.97 Å². The van der Waals surface area contributed by atoms with Crippen molar-refractivity contribution in [3.8, 4) is 23.0 Å². The molecule has 0 aliphatic carbocycles. The molecule has 0 atom stereocenters. The van der Waals surface area contributed by atoms with Gasteiger partial charge < -0.3 is 0 Å². The second kappa shape index (κ2) is 4.58. The lowest BCUT2D eigenvalue weighted by molar-refractivity contribution is 1.02. The number of aromatic nitrogens is 7. The minimum absolute atomic E-state index is 0.457. The Morgan fingerprint density at radius 1 is 0.611 bits per heavy atom. The van der Waals surface area contributed by atoms with E-state index in [-0.39, 0.29) is 0 Å². The van der Waals surface area contributed by atoms with Crippen molar-refractivity contribution in [3.05, 3.63) is 43.5 Å². The first kappa shape index (κ1) is 10.3. The summed E-state index contributed by atoms with van der Waals surface area (Å²) in [7, 11) is 0. The summed E-state index contributed by atoms with van der Waals surface area (Å²) in [5, 5.41) is 0. The van der Waals surface area contributed by atoms with Crippen molar-refractivity contribution in [3.63, 3.8) is 0 Å². The van der Waals surface area contributed by atoms with Gasteiger partial charge in [-0.2, -0.15) is 0 Å². The highest BCUT2D eigenvalue weighted by atomic mass is 15.0. The largest absolute Gasteiger partial charge is 0.261 e. The first-order valence-corrected chi connectivity index (χ1v) is 5.15. The standard InChI is InChI=1S/C11H7N7/c1-3-14-8(5-12-1)10-16-7-17-11(18-10)9-6-13-2-4-15-9/h1-7H. The first-order chi connectivity index (χ1) is 8.93. The van der Waals surface area contributed by atoms with Crippen LogP contribution in [-0.4, -0.2) is 34.9 Å². The first-order valence-electron chi connectivity index (χ1n) is 5.15. The van der Waals surface area contributed by atoms with Gasteiger partial charge in [-0.25, -0.2) is 24.9 Å². The van der Waals surface area contributed by atoms with Gasteiger partial charge in [0.2, 0.25) is 0 Å². The van der Waals surface area contributed by atoms with E-state index in [2.05, 4.69) is 34.9 Å². The van der Waals surface area contributed by atoms with Crippen molar-refractivity contribution in [2.24, 2.45) is 0 Å². The second-order valence-corrected chi connectivity index (χ2v) is 3.31. The zero-order chi connectivity index (χ0) is 12.2. The van der Waals surface area contributed by atoms with Gasteiger partial charge in [-0.15, -0.1) is 0 Å². The molecule has 0 saturated carbocycles. The molecular formula is C11H7N7. The van der Waals surface area contributed by atoms with Crippen LogP contribution in [0.4, 0.5) is 0 Å². The lowest BCUT2D eigenvalue weighted by Crippen LogP contribution is -1.98. The Labute approximate surface area is 102 Å². The monoisotopic (exact) mass is 237 g/mol. The highest BCUT2D eigenvalue weighted by Gasteiger charge is 2.07. The molecule has 0 amide bonds. The number of hydrogen-bond acceptors (Lipinski definition) is 7. The van der Waals surface area contributed by atoms with Gasteiger partial charge in [0, 0.05) is 24.8 Å². The minimum atomic E-state index is 0.457. The Bertz CT molecular complexity index is 587. The van der Waals surface area contributed by atoms with Crippen molar-refractivity contribution in [1.29, 1.82) is 0 Å². The maximum absolute atomic E-state index is 4.29. The summed E-state index contributed by atoms with van der Waals surface area (Å²) < 4.78 is 0. The van der Waals surface area contributed by atoms with Gasteiger partial charge in [0.1, 0.15) is 17.7 Å². The van der Waals surface area contributed by atoms with Crippen molar-refractivity contribution in [2.75, 3.05) is 0 Å². The summed E-state index contributed by atoms with van der Waals surface area (Å²) in [4.78, 5) is 28.6. The molecule has 0 fully saturated rings. The van der Waals surface area contributed by atoms with Crippen LogP contribution in [0.15, 0.2) is 43.5 Å². The highest BCUT2D eigenvalue weighted by molar-refractivity contribution is 5.53. The molecule has 0 radical (unpaired) electrons. The van der Waals surface area contributed by atoms with Crippen LogP contribution >= 0.6 is 0 Å². The molecule has 0 spiro atoms. The number of nitrogens with zero attached hydrogens (tertiary/aromatic N) is 7. The smallest absolute Gasteiger partial charge is 0.183 e. The van der Waals surface area contributed by atoms with Gasteiger partial charge in [0.15, 0.2) is 11.6 Å². The summed E-state index contributed by atoms with van der Waals surface area (Å²) in [5.74, 6) is 0.914. The summed E-state index contributed by atoms with van der Waals surface area (Å²) in [6, 6.07) is 0. The van der Waals surface area contributed by atoms with Crippen molar-refractivity contribution < 1.29 is 0 Å². The van der Waals surface area contributed by atoms with E-state index in [1.807, 2.05) is 0 Å². The third-order valence-corrected chi connectivity index (χ3v) is 2.16. The van der Waals surface area contributed by atoms with Crippen molar-refractivity contribution in [1.82, 2.24) is 34.9 Å². The summed E-state index contributed by atoms with van der Waals surface area (Å²) in [6.07, 6.45) is 11.0. The molecule has 0 unspecified atom stereocenters. The van der Waals surface area contributed by atoms with Gasteiger partial charge in [0.05, 0.1) is 12.4 Å². The third-order valence-electron chi connectivity index (χ3n) is 2.16. The quantitative estimate of drug-likeness (QED) is 0.650. The van der Waals surface area contributed by atoms with Gasteiger partial charge in [0.25, 0.3) is 0 Å². The molecule has 3 aromatic heterocycles. The van der Waals surface area contributed by atoms with E-state index >= 15 is 0 Å². The van der Waals surface area contributed by atoms with Gasteiger partial charge >= 0.3 is 0 Å². The van der Waals surface area contributed by atoms with E-state index in [9.17, 15) is 0 Å². The van der Waals surface area contributed by atoms with E-state index in [0.717, 1.165) is 0 Å². The third kappa shape index (κ3) is 2.01. The Morgan fingerprint density at radius 3 is 1.61 bits per heavy atom. The average molecular weight is 237 g/mol. The zero-order valence-corrected chi connectivity index (χ0v) is 9.17. The van der Waals surface area contributed by atoms with E-state index in [4.69, 9.17) is 0 Å². The SMILES string of the molecule is c1cnc(-c2ncnc(-c3cnccn3)n2)cn1. The molecule has 0 N–H and O–H groups in total. The molecule has 3 heterocycles. The predicted molar refractivity (Wildman–Crippen MR) is 61.9 cm³/mol. The molecule has 3 rings (SSSR count). The molecule has 3 aromatic rings. The zero-order valence-electron chi connectivity index (χ0n) is 9.17. The Balaban J connectivity index is 2.05. The van der Waals surface area contributed by atoms with E-state index in [0.29, 0.717) is 23.0 Å². The Morgan fingerprint density at radius 2 is 1.17 bits per heavy atom. The summed E-state index contributed by atoms with van der Waals surface area (Å²) in [5.41, 5.74) is 1.18. The van der Waals surface area contributed by atoms with Crippen LogP contribution in [-0.2, 0) is 0 Å². The van der Waals surface area contributed by atoms with Crippen LogP contribution in [0.5, 0.6) is 0 Å². The molecular weight excluding hydrogens is 230 g/mol. The number of rotatable bonds is 2. The molecule has 0 aliphatic rings. The fraction of sp³-hybridized carbons (Fsp3) is 0. The molecule has 7 nitrogen and oxygen atoms in total. The van der Waals surface area contributed by atoms with Gasteiger partial charge in [-0.1, -0.05) is 0 Å². The number of hydrogen-bond donors (Lipinski definition) is 0. The average Bonchev–Trinajstić information content (AvgIpc) is 2.49. The molecule has 0 saturated heterocycles. The fourth-order valence-electron chi connectivity index (χ4n) is 1.37. The second-order valence-electron chi connectivity index (χ2n) is 3.31. The van der Waals surface area contributed by atoms with Crippen LogP contribution in [0.25, 0.3) is 23.0 Å². The predicted octanol–water partition coefficient (Wildman–Crippen LogP) is 0.786. The summed E-state index contributed by atoms with van der Waals surface area (Å²) >= 11 is 0. The van der Waals surface area contributed by atoms with E-state index < -0.39 is 0 Å². The van der Waals surface area contributed by atoms with E-state index in [1.165, 1.54) is 6.33 Å². The molecule has 0 bridgehead atoms. The Kier molecular flexibility index (Phi) is 2.63. The maximum Gasteiger partial charge on any atom is 0.183 e. The normalized spacial score (nSPS) is 10.2. The lowest BCUT2D eigenvalue weighted by Gasteiger charge is -2.00. The lowest BCUT2D eigenvalue weighted by atomic mass is 10.4. The molecule has 0 aromatic carbocycles. The topological polar surface area (TPSA) is 90.2 Å². The minimum Gasteiger partial charge on any atom is -0.261 e. The molecule has 18 heavy (non-hydrogen) atoms. The van der Waals surface area contributed by atoms with Crippen LogP contribution < -0.4 is 0 Å². The van der Waals surface area contributed by atoms with Crippen molar-refractivity contribution in [2.45, 2.75) is 0 Å². The Hall–Kier alpha value is -2.83. The van der Waals surface area contributed by atoms with Gasteiger partial charge in [-0.05, 0) is 0 Å². The fourth-order valence-corrected chi connectivity index (χ4v) is 1.37. The highest BCUT2D eigenvalue weighted by Crippen LogP contribution is 2.13. The van der Waals surface area contributed by atoms with Crippen LogP contribution in [0.1, 0.15) is 0 Å². The van der Waals surface area contributed by atoms with Crippen LogP contribution in [0.2, 0.25) is 0 Å². The van der Waals surface area contributed by atoms with Crippen molar-refractivity contribution >= 4 is 0 Å². The van der Waals surface area contributed by atoms with E-state index in [1.54, 1.807) is 37.2 Å². The molecule has 7 heteroatoms. The van der Waals surface area contributed by atoms with Crippen LogP contribution in [0.3, 0.4) is 0 Å². The van der Waals surface area contributed by atoms with Crippen LogP contribution in [0, 0.1) is 0 Å². The molecule has 86 valence electrons. The molecule has 0 aliphatic heterocycles. The maximum atomic E-state index is 4.29. The summed E-state index contributed by atoms with van der Waals surface area (Å²) in [6.45, 7) is 0.